The Hall–Kier alpha value is -4.73. The van der Waals surface area contributed by atoms with E-state index in [1.165, 1.54) is 21.1 Å². The zero-order chi connectivity index (χ0) is 44.7. The van der Waals surface area contributed by atoms with Crippen molar-refractivity contribution in [2.45, 2.75) is 99.5 Å². The summed E-state index contributed by atoms with van der Waals surface area (Å²) in [6.45, 7) is 12.4. The molecule has 14 heteroatoms. The highest BCUT2D eigenvalue weighted by Crippen LogP contribution is 2.68. The number of anilines is 1. The molecule has 0 radical (unpaired) electrons. The second kappa shape index (κ2) is 15.8. The Kier molecular flexibility index (Phi) is 10.9. The molecule has 6 heterocycles. The highest BCUT2D eigenvalue weighted by atomic mass is 16.6. The molecule has 0 amide bonds. The minimum Gasteiger partial charge on any atom is -0.496 e. The summed E-state index contributed by atoms with van der Waals surface area (Å²) < 4.78 is 30.4. The van der Waals surface area contributed by atoms with Crippen LogP contribution in [0.1, 0.15) is 75.3 Å². The molecule has 338 valence electrons. The fourth-order valence-electron chi connectivity index (χ4n) is 13.7. The number of aromatic nitrogens is 1. The van der Waals surface area contributed by atoms with Gasteiger partial charge in [-0.25, -0.2) is 4.79 Å². The van der Waals surface area contributed by atoms with E-state index in [-0.39, 0.29) is 25.3 Å². The first-order valence-corrected chi connectivity index (χ1v) is 22.5. The lowest BCUT2D eigenvalue weighted by Gasteiger charge is -2.63. The number of carbonyl (C=O) groups excluding carboxylic acids is 3. The molecule has 63 heavy (non-hydrogen) atoms. The van der Waals surface area contributed by atoms with Gasteiger partial charge in [-0.05, 0) is 74.2 Å². The predicted molar refractivity (Wildman–Crippen MR) is 236 cm³/mol. The number of fused-ring (bicyclic) bond motifs is 6. The monoisotopic (exact) mass is 866 g/mol. The number of carbonyl (C=O) groups is 3. The van der Waals surface area contributed by atoms with Crippen LogP contribution in [-0.4, -0.2) is 140 Å². The van der Waals surface area contributed by atoms with E-state index in [1.54, 1.807) is 13.2 Å². The second-order valence-corrected chi connectivity index (χ2v) is 18.9. The van der Waals surface area contributed by atoms with Crippen LogP contribution in [0.3, 0.4) is 0 Å². The van der Waals surface area contributed by atoms with Crippen molar-refractivity contribution < 1.29 is 48.3 Å². The van der Waals surface area contributed by atoms with E-state index in [9.17, 15) is 19.8 Å². The van der Waals surface area contributed by atoms with Crippen LogP contribution in [0, 0.1) is 11.3 Å². The molecule has 14 nitrogen and oxygen atoms in total. The minimum absolute atomic E-state index is 0.0659. The number of esters is 3. The van der Waals surface area contributed by atoms with Crippen molar-refractivity contribution in [1.82, 2.24) is 14.8 Å². The number of hydrogen-bond donors (Lipinski definition) is 3. The summed E-state index contributed by atoms with van der Waals surface area (Å²) in [5.41, 5.74) is -2.23. The summed E-state index contributed by atoms with van der Waals surface area (Å²) in [5.74, 6) is -1.75. The van der Waals surface area contributed by atoms with Crippen molar-refractivity contribution >= 4 is 34.5 Å². The molecule has 2 aromatic carbocycles. The van der Waals surface area contributed by atoms with Crippen LogP contribution in [0.25, 0.3) is 10.9 Å². The van der Waals surface area contributed by atoms with Crippen molar-refractivity contribution in [3.8, 4) is 5.75 Å². The van der Waals surface area contributed by atoms with Crippen molar-refractivity contribution in [2.75, 3.05) is 72.3 Å². The smallest absolute Gasteiger partial charge is 0.344 e. The topological polar surface area (TPSA) is 163 Å². The first-order chi connectivity index (χ1) is 30.3. The maximum Gasteiger partial charge on any atom is 0.344 e. The number of para-hydroxylation sites is 1. The van der Waals surface area contributed by atoms with E-state index in [0.29, 0.717) is 88.2 Å². The van der Waals surface area contributed by atoms with Gasteiger partial charge < -0.3 is 43.8 Å². The van der Waals surface area contributed by atoms with Crippen molar-refractivity contribution in [3.05, 3.63) is 83.6 Å². The van der Waals surface area contributed by atoms with Crippen molar-refractivity contribution in [3.63, 3.8) is 0 Å². The van der Waals surface area contributed by atoms with Crippen molar-refractivity contribution in [1.29, 1.82) is 0 Å². The number of rotatable bonds is 11. The zero-order valence-corrected chi connectivity index (χ0v) is 37.4. The van der Waals surface area contributed by atoms with Gasteiger partial charge in [-0.2, -0.15) is 0 Å². The number of hydrogen-bond acceptors (Lipinski definition) is 13. The van der Waals surface area contributed by atoms with Crippen LogP contribution in [0.5, 0.6) is 5.75 Å². The van der Waals surface area contributed by atoms with Gasteiger partial charge in [0.15, 0.2) is 6.10 Å². The molecule has 10 atom stereocenters. The van der Waals surface area contributed by atoms with Gasteiger partial charge in [-0.15, -0.1) is 6.58 Å². The van der Waals surface area contributed by atoms with Crippen molar-refractivity contribution in [2.24, 2.45) is 11.3 Å². The summed E-state index contributed by atoms with van der Waals surface area (Å²) in [4.78, 5) is 53.7. The van der Waals surface area contributed by atoms with Gasteiger partial charge in [-0.1, -0.05) is 50.3 Å². The van der Waals surface area contributed by atoms with Gasteiger partial charge in [0.1, 0.15) is 17.9 Å². The average molecular weight is 867 g/mol. The molecule has 2 saturated heterocycles. The number of nitrogens with one attached hydrogen (secondary N) is 1. The fourth-order valence-corrected chi connectivity index (χ4v) is 13.7. The van der Waals surface area contributed by atoms with Gasteiger partial charge in [-0.3, -0.25) is 19.4 Å². The maximum absolute atomic E-state index is 15.5. The third-order valence-electron chi connectivity index (χ3n) is 15.9. The Balaban J connectivity index is 1.38. The Bertz CT molecular complexity index is 2360. The summed E-state index contributed by atoms with van der Waals surface area (Å²) in [6, 6.07) is 10.7. The molecule has 3 N–H and O–H groups in total. The molecule has 9 rings (SSSR count). The normalized spacial score (nSPS) is 35.3. The number of piperidine rings is 1. The Morgan fingerprint density at radius 3 is 2.46 bits per heavy atom. The minimum atomic E-state index is -2.41. The third kappa shape index (κ3) is 6.03. The third-order valence-corrected chi connectivity index (χ3v) is 15.9. The van der Waals surface area contributed by atoms with Crippen LogP contribution >= 0.6 is 0 Å². The van der Waals surface area contributed by atoms with E-state index in [2.05, 4.69) is 33.5 Å². The molecule has 1 aliphatic carbocycles. The highest BCUT2D eigenvalue weighted by Gasteiger charge is 2.81. The number of benzene rings is 2. The predicted octanol–water partition coefficient (Wildman–Crippen LogP) is 4.52. The lowest BCUT2D eigenvalue weighted by atomic mass is 9.47. The zero-order valence-electron chi connectivity index (χ0n) is 37.4. The molecule has 1 aromatic heterocycles. The molecule has 6 aliphatic rings. The van der Waals surface area contributed by atoms with E-state index in [0.717, 1.165) is 27.7 Å². The molecule has 1 spiro atoms. The Morgan fingerprint density at radius 1 is 0.984 bits per heavy atom. The SMILES string of the molecule is C=CCOCN1c2cc(OC)c(C3(C(=O)OC)CC4CN(CCc5c3[nH]c3ccccc53)CC(O)(CC)C4)cc2C23CCN4CC=CC(CC)(C(OC(C)=O)C(O)(C(=O)OC)C12)C43. The quantitative estimate of drug-likeness (QED) is 0.107. The van der Waals surface area contributed by atoms with E-state index < -0.39 is 57.5 Å². The molecule has 5 aliphatic heterocycles. The van der Waals surface area contributed by atoms with Crippen LogP contribution in [0.15, 0.2) is 61.2 Å². The molecular weight excluding hydrogens is 805 g/mol. The number of aliphatic hydroxyl groups is 2. The van der Waals surface area contributed by atoms with E-state index in [4.69, 9.17) is 23.7 Å². The molecule has 10 unspecified atom stereocenters. The van der Waals surface area contributed by atoms with Crippen LogP contribution in [0.2, 0.25) is 0 Å². The molecule has 2 bridgehead atoms. The number of ether oxygens (including phenoxy) is 5. The van der Waals surface area contributed by atoms with E-state index >= 15 is 4.79 Å². The first-order valence-electron chi connectivity index (χ1n) is 22.5. The first kappa shape index (κ1) is 43.5. The van der Waals surface area contributed by atoms with Crippen LogP contribution in [-0.2, 0) is 50.6 Å². The number of H-pyrrole nitrogens is 1. The average Bonchev–Trinajstić information content (AvgIpc) is 3.96. The highest BCUT2D eigenvalue weighted by molar-refractivity contribution is 5.95. The van der Waals surface area contributed by atoms with Gasteiger partial charge in [0.2, 0.25) is 5.60 Å². The van der Waals surface area contributed by atoms with Gasteiger partial charge in [0.25, 0.3) is 0 Å². The number of aromatic amines is 1. The standard InChI is InChI=1S/C49H62N4O10/c1-8-22-62-29-53-37-24-38(59-5)35(23-34(37)47-18-21-52-19-13-17-46(10-3,40(47)52)42(63-30(4)54)49(58,41(47)53)44(56)61-7)48(43(55)60-6)26-31-25-45(57,9-2)28-51(27-31)20-16-33-32-14-11-12-15-36(32)50-39(33)48/h8,11-15,17,23-24,31,40-42,50,57-58H,1,9-10,16,18-22,25-29H2,2-7H3. The van der Waals surface area contributed by atoms with E-state index in [1.807, 2.05) is 55.2 Å². The number of methoxy groups -OCH3 is 3. The fraction of sp³-hybridized carbons (Fsp3) is 0.571. The molecule has 3 fully saturated rings. The van der Waals surface area contributed by atoms with Gasteiger partial charge in [0, 0.05) is 83.9 Å². The van der Waals surface area contributed by atoms with Crippen LogP contribution in [0.4, 0.5) is 5.69 Å². The maximum atomic E-state index is 15.5. The lowest BCUT2D eigenvalue weighted by molar-refractivity contribution is -0.229. The summed E-state index contributed by atoms with van der Waals surface area (Å²) in [7, 11) is 4.25. The molecule has 3 aromatic rings. The van der Waals surface area contributed by atoms with Gasteiger partial charge >= 0.3 is 17.9 Å². The largest absolute Gasteiger partial charge is 0.496 e. The Labute approximate surface area is 369 Å². The lowest BCUT2D eigenvalue weighted by Crippen LogP contribution is -2.81. The Morgan fingerprint density at radius 2 is 1.76 bits per heavy atom. The summed E-state index contributed by atoms with van der Waals surface area (Å²) in [5, 5.41) is 26.7. The summed E-state index contributed by atoms with van der Waals surface area (Å²) in [6.07, 6.45) is 7.29. The summed E-state index contributed by atoms with van der Waals surface area (Å²) >= 11 is 0. The molecular formula is C49H62N4O10. The van der Waals surface area contributed by atoms with Gasteiger partial charge in [0.05, 0.1) is 39.6 Å². The second-order valence-electron chi connectivity index (χ2n) is 18.9. The molecule has 1 saturated carbocycles. The van der Waals surface area contributed by atoms with Crippen LogP contribution < -0.4 is 9.64 Å². The number of nitrogens with zero attached hydrogens (tertiary/aromatic N) is 3.